The molecule has 0 aliphatic rings. The van der Waals surface area contributed by atoms with Crippen LogP contribution in [0.2, 0.25) is 0 Å². The van der Waals surface area contributed by atoms with Crippen molar-refractivity contribution in [1.82, 2.24) is 0 Å². The van der Waals surface area contributed by atoms with E-state index in [9.17, 15) is 43.2 Å². The van der Waals surface area contributed by atoms with Crippen LogP contribution in [0.1, 0.15) is 220 Å². The van der Waals surface area contributed by atoms with Crippen LogP contribution in [0.4, 0.5) is 0 Å². The number of hydrogen-bond acceptors (Lipinski definition) is 15. The van der Waals surface area contributed by atoms with Crippen LogP contribution < -0.4 is 0 Å². The summed E-state index contributed by atoms with van der Waals surface area (Å²) in [4.78, 5) is 72.9. The van der Waals surface area contributed by atoms with Gasteiger partial charge in [0.25, 0.3) is 0 Å². The smallest absolute Gasteiger partial charge is 0.462 e. The molecule has 3 N–H and O–H groups in total. The molecule has 600 valence electrons. The molecule has 17 nitrogen and oxygen atoms in total. The van der Waals surface area contributed by atoms with Crippen molar-refractivity contribution in [2.24, 2.45) is 0 Å². The lowest BCUT2D eigenvalue weighted by Gasteiger charge is -2.21. The number of allylic oxidation sites excluding steroid dienone is 41. The zero-order chi connectivity index (χ0) is 78.9. The highest BCUT2D eigenvalue weighted by molar-refractivity contribution is 7.47. The van der Waals surface area contributed by atoms with Gasteiger partial charge in [-0.25, -0.2) is 9.13 Å². The van der Waals surface area contributed by atoms with Gasteiger partial charge in [-0.1, -0.05) is 283 Å². The topological polar surface area (TPSA) is 237 Å². The third-order valence-electron chi connectivity index (χ3n) is 14.5. The number of unbranched alkanes of at least 4 members (excludes halogenated alkanes) is 2. The number of phosphoric ester groups is 2. The van der Waals surface area contributed by atoms with Gasteiger partial charge in [0.1, 0.15) is 19.3 Å². The minimum absolute atomic E-state index is 0.00193. The molecule has 0 heterocycles. The second-order valence-corrected chi connectivity index (χ2v) is 27.3. The fourth-order valence-electron chi connectivity index (χ4n) is 8.80. The van der Waals surface area contributed by atoms with E-state index in [-0.39, 0.29) is 25.7 Å². The Morgan fingerprint density at radius 2 is 0.491 bits per heavy atom. The van der Waals surface area contributed by atoms with Crippen molar-refractivity contribution in [1.29, 1.82) is 0 Å². The van der Waals surface area contributed by atoms with Crippen molar-refractivity contribution < 1.29 is 80.2 Å². The van der Waals surface area contributed by atoms with E-state index in [0.717, 1.165) is 122 Å². The molecule has 0 amide bonds. The average Bonchev–Trinajstić information content (AvgIpc) is 0.901. The lowest BCUT2D eigenvalue weighted by molar-refractivity contribution is -0.161. The number of carbonyl (C=O) groups excluding carboxylic acids is 4. The van der Waals surface area contributed by atoms with Gasteiger partial charge in [0.15, 0.2) is 12.2 Å². The first kappa shape index (κ1) is 101. The Bertz CT molecular complexity index is 3060. The molecule has 0 spiro atoms. The van der Waals surface area contributed by atoms with Crippen LogP contribution in [-0.2, 0) is 65.4 Å². The summed E-state index contributed by atoms with van der Waals surface area (Å²) in [5.74, 6) is -2.60. The summed E-state index contributed by atoms with van der Waals surface area (Å²) < 4.78 is 68.2. The summed E-state index contributed by atoms with van der Waals surface area (Å²) in [5.41, 5.74) is 0. The average molecular weight is 1540 g/mol. The van der Waals surface area contributed by atoms with Gasteiger partial charge < -0.3 is 33.8 Å². The number of carbonyl (C=O) groups is 4. The molecule has 5 atom stereocenters. The minimum Gasteiger partial charge on any atom is -0.462 e. The normalized spacial score (nSPS) is 15.2. The Hall–Kier alpha value is -7.40. The van der Waals surface area contributed by atoms with E-state index in [0.29, 0.717) is 44.9 Å². The monoisotopic (exact) mass is 1530 g/mol. The third kappa shape index (κ3) is 76.8. The van der Waals surface area contributed by atoms with Gasteiger partial charge in [0.05, 0.1) is 32.8 Å². The second-order valence-electron chi connectivity index (χ2n) is 24.4. The fourth-order valence-corrected chi connectivity index (χ4v) is 10.4. The number of ether oxygens (including phenoxy) is 4. The number of phosphoric acid groups is 2. The van der Waals surface area contributed by atoms with E-state index in [4.69, 9.17) is 37.0 Å². The highest BCUT2D eigenvalue weighted by Gasteiger charge is 2.30. The van der Waals surface area contributed by atoms with Gasteiger partial charge in [0.2, 0.25) is 0 Å². The molecule has 0 aromatic rings. The Balaban J connectivity index is 5.64. The van der Waals surface area contributed by atoms with Crippen LogP contribution in [0, 0.1) is 0 Å². The van der Waals surface area contributed by atoms with Gasteiger partial charge in [0, 0.05) is 19.3 Å². The lowest BCUT2D eigenvalue weighted by Crippen LogP contribution is -2.30. The maximum Gasteiger partial charge on any atom is 0.472 e. The first-order chi connectivity index (χ1) is 52.7. The minimum atomic E-state index is -5.04. The summed E-state index contributed by atoms with van der Waals surface area (Å²) in [5, 5.41) is 10.6. The molecule has 0 fully saturated rings. The molecule has 0 saturated heterocycles. The van der Waals surface area contributed by atoms with E-state index in [2.05, 4.69) is 216 Å². The van der Waals surface area contributed by atoms with Gasteiger partial charge >= 0.3 is 39.5 Å². The zero-order valence-corrected chi connectivity index (χ0v) is 67.2. The summed E-state index contributed by atoms with van der Waals surface area (Å²) in [6.45, 7) is 4.01. The van der Waals surface area contributed by atoms with Crippen LogP contribution in [0.15, 0.2) is 255 Å². The first-order valence-corrected chi connectivity index (χ1v) is 41.9. The molecular formula is C89H132O17P2. The molecule has 0 rings (SSSR count). The van der Waals surface area contributed by atoms with Crippen molar-refractivity contribution in [3.63, 3.8) is 0 Å². The largest absolute Gasteiger partial charge is 0.472 e. The maximum atomic E-state index is 13.1. The Labute approximate surface area is 649 Å². The Kier molecular flexibility index (Phi) is 72.4. The van der Waals surface area contributed by atoms with E-state index >= 15 is 0 Å². The van der Waals surface area contributed by atoms with E-state index in [1.165, 1.54) is 0 Å². The molecule has 0 radical (unpaired) electrons. The van der Waals surface area contributed by atoms with Crippen molar-refractivity contribution in [2.75, 3.05) is 39.6 Å². The molecule has 5 unspecified atom stereocenters. The summed E-state index contributed by atoms with van der Waals surface area (Å²) >= 11 is 0. The summed E-state index contributed by atoms with van der Waals surface area (Å²) in [7, 11) is -10.1. The number of esters is 4. The quantitative estimate of drug-likeness (QED) is 0.0169. The molecule has 0 bridgehead atoms. The molecule has 108 heavy (non-hydrogen) atoms. The van der Waals surface area contributed by atoms with E-state index in [1.807, 2.05) is 54.7 Å². The Morgan fingerprint density at radius 1 is 0.269 bits per heavy atom. The van der Waals surface area contributed by atoms with Crippen LogP contribution in [0.5, 0.6) is 0 Å². The standard InChI is InChI=1S/C89H132O17P2/c1-5-9-13-17-21-25-29-33-37-40-41-44-47-50-54-58-62-66-70-74-87(92)100-79-84(105-88(93)75-71-67-63-59-55-51-45-36-32-28-24-20-16-12-8-4)81-103-107(95,96)101-77-83(90)78-102-108(97,98)104-82-85(106-89(94)76-72-68-64-60-56-52-48-43-39-35-31-27-23-19-15-11-7-3)80-99-86(91)73-69-65-61-57-53-49-46-42-38-34-30-26-22-18-14-10-6-2/h9-16,21-28,33-39,41,44-46,48-50,52,54-55,57,59-62,64,66-67,71,83-85,90H,5-8,17-20,29-32,40,42-43,47,51,53,56,58,63,65,68-70,72-82H2,1-4H3,(H,95,96)(H,97,98)/b13-9-,14-10-,15-11-,16-12-,25-21-,26-22-,27-23-,28-24-,37-33-,38-34-,39-35-,44-41-,45-36-,49-46-,52-48-,54-50-,59-55-,61-57-,64-60-,66-62-,71-67-. The molecule has 0 saturated carbocycles. The van der Waals surface area contributed by atoms with Crippen molar-refractivity contribution in [3.05, 3.63) is 255 Å². The predicted molar refractivity (Wildman–Crippen MR) is 444 cm³/mol. The van der Waals surface area contributed by atoms with Crippen LogP contribution in [-0.4, -0.2) is 96.7 Å². The molecular weight excluding hydrogens is 1400 g/mol. The van der Waals surface area contributed by atoms with Gasteiger partial charge in [-0.05, 0) is 167 Å². The molecule has 0 aliphatic carbocycles. The number of hydrogen-bond donors (Lipinski definition) is 3. The highest BCUT2D eigenvalue weighted by Crippen LogP contribution is 2.45. The third-order valence-corrected chi connectivity index (χ3v) is 16.4. The summed E-state index contributed by atoms with van der Waals surface area (Å²) in [6, 6.07) is 0. The maximum absolute atomic E-state index is 13.1. The SMILES string of the molecule is CC/C=C\C/C=C\C/C=C\C/C=C\C/C=C\C/C=C\CCC(=O)OCC(COP(=O)(O)OCC(O)COP(=O)(O)OCC(COC(=O)CCC/C=C\C/C=C\C/C=C\C/C=C\C/C=C\CC)OC(=O)CCC/C=C\C/C=C\C/C=C\C/C=C\C/C=C\CC)OC(=O)C/C=C\C/C=C\C/C=C\C/C=C\C/C=C\CC. The van der Waals surface area contributed by atoms with Crippen molar-refractivity contribution in [3.8, 4) is 0 Å². The lowest BCUT2D eigenvalue weighted by atomic mass is 10.2. The molecule has 0 aliphatic heterocycles. The molecule has 0 aromatic heterocycles. The van der Waals surface area contributed by atoms with Crippen LogP contribution >= 0.6 is 15.6 Å². The zero-order valence-electron chi connectivity index (χ0n) is 65.4. The predicted octanol–water partition coefficient (Wildman–Crippen LogP) is 23.0. The first-order valence-electron chi connectivity index (χ1n) is 38.9. The Morgan fingerprint density at radius 3 is 0.778 bits per heavy atom. The number of aliphatic hydroxyl groups excluding tert-OH is 1. The van der Waals surface area contributed by atoms with Crippen LogP contribution in [0.25, 0.3) is 0 Å². The van der Waals surface area contributed by atoms with Gasteiger partial charge in [-0.2, -0.15) is 0 Å². The van der Waals surface area contributed by atoms with E-state index in [1.54, 1.807) is 12.2 Å². The second kappa shape index (κ2) is 77.7. The van der Waals surface area contributed by atoms with Gasteiger partial charge in [-0.3, -0.25) is 37.3 Å². The number of rotatable bonds is 69. The summed E-state index contributed by atoms with van der Waals surface area (Å²) in [6.07, 6.45) is 103. The van der Waals surface area contributed by atoms with Crippen molar-refractivity contribution in [2.45, 2.75) is 239 Å². The van der Waals surface area contributed by atoms with E-state index < -0.39 is 97.5 Å². The highest BCUT2D eigenvalue weighted by atomic mass is 31.2. The van der Waals surface area contributed by atoms with Crippen molar-refractivity contribution >= 4 is 39.5 Å². The fraction of sp³-hybridized carbons (Fsp3) is 0.483. The van der Waals surface area contributed by atoms with Gasteiger partial charge in [-0.15, -0.1) is 0 Å². The molecule has 0 aromatic carbocycles. The number of aliphatic hydroxyl groups is 1. The van der Waals surface area contributed by atoms with Crippen LogP contribution in [0.3, 0.4) is 0 Å². The molecule has 19 heteroatoms.